The van der Waals surface area contributed by atoms with Crippen LogP contribution in [-0.2, 0) is 27.8 Å². The Bertz CT molecular complexity index is 524. The summed E-state index contributed by atoms with van der Waals surface area (Å²) < 4.78 is 32.0. The molecule has 1 atom stereocenters. The zero-order valence-corrected chi connectivity index (χ0v) is 11.8. The third-order valence-electron chi connectivity index (χ3n) is 3.25. The van der Waals surface area contributed by atoms with Crippen molar-refractivity contribution in [3.8, 4) is 0 Å². The Morgan fingerprint density at radius 2 is 2.28 bits per heavy atom. The number of nitrogens with zero attached hydrogens (tertiary/aromatic N) is 3. The summed E-state index contributed by atoms with van der Waals surface area (Å²) in [7, 11) is -1.55. The van der Waals surface area contributed by atoms with Gasteiger partial charge in [0.05, 0.1) is 19.1 Å². The molecule has 0 bridgehead atoms. The van der Waals surface area contributed by atoms with E-state index in [2.05, 4.69) is 5.10 Å². The maximum Gasteiger partial charge on any atom is 0.211 e. The van der Waals surface area contributed by atoms with Crippen molar-refractivity contribution in [3.05, 3.63) is 17.5 Å². The van der Waals surface area contributed by atoms with Gasteiger partial charge in [-0.25, -0.2) is 8.42 Å². The molecule has 0 aliphatic carbocycles. The van der Waals surface area contributed by atoms with Crippen molar-refractivity contribution in [2.75, 3.05) is 26.5 Å². The van der Waals surface area contributed by atoms with Crippen molar-refractivity contribution in [2.24, 2.45) is 0 Å². The minimum atomic E-state index is -3.18. The van der Waals surface area contributed by atoms with Crippen LogP contribution in [-0.4, -0.2) is 49.0 Å². The van der Waals surface area contributed by atoms with E-state index in [0.717, 1.165) is 17.8 Å². The Morgan fingerprint density at radius 1 is 1.56 bits per heavy atom. The summed E-state index contributed by atoms with van der Waals surface area (Å²) in [4.78, 5) is 0. The molecule has 0 aromatic carbocycles. The van der Waals surface area contributed by atoms with E-state index in [1.807, 2.05) is 11.6 Å². The molecule has 1 aliphatic rings. The van der Waals surface area contributed by atoms with Crippen molar-refractivity contribution in [2.45, 2.75) is 25.9 Å². The summed E-state index contributed by atoms with van der Waals surface area (Å²) in [5.74, 6) is 0.0518. The molecule has 2 heterocycles. The molecule has 1 aromatic heterocycles. The van der Waals surface area contributed by atoms with Gasteiger partial charge in [-0.15, -0.1) is 0 Å². The van der Waals surface area contributed by atoms with Crippen LogP contribution in [0.25, 0.3) is 0 Å². The molecule has 0 radical (unpaired) electrons. The average molecular weight is 273 g/mol. The predicted molar refractivity (Wildman–Crippen MR) is 67.8 cm³/mol. The van der Waals surface area contributed by atoms with Crippen LogP contribution in [0.3, 0.4) is 0 Å². The Kier molecular flexibility index (Phi) is 3.74. The number of rotatable bonds is 4. The fourth-order valence-corrected chi connectivity index (χ4v) is 3.28. The molecular formula is C11H19N3O3S. The molecule has 0 saturated heterocycles. The Balaban J connectivity index is 2.38. The minimum Gasteiger partial charge on any atom is -0.384 e. The van der Waals surface area contributed by atoms with E-state index in [4.69, 9.17) is 4.74 Å². The number of hydrogen-bond donors (Lipinski definition) is 0. The molecule has 0 spiro atoms. The Hall–Kier alpha value is -0.920. The third kappa shape index (κ3) is 2.43. The van der Waals surface area contributed by atoms with Gasteiger partial charge in [-0.2, -0.15) is 9.40 Å². The topological polar surface area (TPSA) is 64.4 Å². The first kappa shape index (κ1) is 13.5. The zero-order chi connectivity index (χ0) is 13.3. The van der Waals surface area contributed by atoms with Gasteiger partial charge in [0.2, 0.25) is 10.0 Å². The van der Waals surface area contributed by atoms with Gasteiger partial charge in [0, 0.05) is 43.9 Å². The second-order valence-electron chi connectivity index (χ2n) is 4.58. The van der Waals surface area contributed by atoms with Gasteiger partial charge in [0.1, 0.15) is 0 Å². The summed E-state index contributed by atoms with van der Waals surface area (Å²) >= 11 is 0. The van der Waals surface area contributed by atoms with E-state index >= 15 is 0 Å². The first-order valence-electron chi connectivity index (χ1n) is 5.96. The molecule has 0 amide bonds. The highest BCUT2D eigenvalue weighted by atomic mass is 32.2. The molecule has 1 aromatic rings. The quantitative estimate of drug-likeness (QED) is 0.797. The highest BCUT2D eigenvalue weighted by molar-refractivity contribution is 7.88. The van der Waals surface area contributed by atoms with Crippen molar-refractivity contribution < 1.29 is 13.2 Å². The second-order valence-corrected chi connectivity index (χ2v) is 6.56. The number of sulfonamides is 1. The maximum absolute atomic E-state index is 11.7. The van der Waals surface area contributed by atoms with Crippen LogP contribution < -0.4 is 0 Å². The Morgan fingerprint density at radius 3 is 2.83 bits per heavy atom. The molecule has 0 N–H and O–H groups in total. The number of hydrogen-bond acceptors (Lipinski definition) is 4. The molecule has 2 rings (SSSR count). The van der Waals surface area contributed by atoms with Crippen LogP contribution in [0.4, 0.5) is 0 Å². The van der Waals surface area contributed by atoms with Gasteiger partial charge >= 0.3 is 0 Å². The molecule has 7 heteroatoms. The fraction of sp³-hybridized carbons (Fsp3) is 0.727. The molecule has 0 fully saturated rings. The van der Waals surface area contributed by atoms with E-state index in [-0.39, 0.29) is 5.92 Å². The van der Waals surface area contributed by atoms with Crippen molar-refractivity contribution in [1.82, 2.24) is 14.1 Å². The first-order chi connectivity index (χ1) is 8.47. The van der Waals surface area contributed by atoms with Crippen LogP contribution in [0, 0.1) is 0 Å². The smallest absolute Gasteiger partial charge is 0.211 e. The zero-order valence-electron chi connectivity index (χ0n) is 11.0. The predicted octanol–water partition coefficient (Wildman–Crippen LogP) is 0.408. The van der Waals surface area contributed by atoms with E-state index in [1.54, 1.807) is 13.3 Å². The molecule has 102 valence electrons. The largest absolute Gasteiger partial charge is 0.384 e. The summed E-state index contributed by atoms with van der Waals surface area (Å²) in [6.45, 7) is 4.19. The van der Waals surface area contributed by atoms with Gasteiger partial charge in [-0.1, -0.05) is 0 Å². The highest BCUT2D eigenvalue weighted by Crippen LogP contribution is 2.29. The lowest BCUT2D eigenvalue weighted by molar-refractivity contribution is 0.159. The van der Waals surface area contributed by atoms with Gasteiger partial charge in [0.25, 0.3) is 0 Å². The number of aromatic nitrogens is 2. The summed E-state index contributed by atoms with van der Waals surface area (Å²) in [6.07, 6.45) is 3.00. The van der Waals surface area contributed by atoms with Gasteiger partial charge < -0.3 is 4.74 Å². The van der Waals surface area contributed by atoms with E-state index in [0.29, 0.717) is 19.7 Å². The Labute approximate surface area is 108 Å². The number of fused-ring (bicyclic) bond motifs is 1. The van der Waals surface area contributed by atoms with E-state index in [9.17, 15) is 8.42 Å². The molecule has 0 saturated carbocycles. The van der Waals surface area contributed by atoms with Gasteiger partial charge in [-0.05, 0) is 6.92 Å². The normalized spacial score (nSPS) is 20.9. The standard InChI is InChI=1S/C11H19N3O3S/c1-4-14-11-9(5-12-14)6-13(18(3,15)16)7-10(11)8-17-2/h5,10H,4,6-8H2,1-3H3/t10-/m1/s1. The summed E-state index contributed by atoms with van der Waals surface area (Å²) in [5, 5.41) is 4.30. The summed E-state index contributed by atoms with van der Waals surface area (Å²) in [5.41, 5.74) is 2.09. The van der Waals surface area contributed by atoms with Crippen LogP contribution >= 0.6 is 0 Å². The molecule has 6 nitrogen and oxygen atoms in total. The first-order valence-corrected chi connectivity index (χ1v) is 7.80. The van der Waals surface area contributed by atoms with Crippen LogP contribution in [0.1, 0.15) is 24.1 Å². The van der Waals surface area contributed by atoms with Crippen LogP contribution in [0.5, 0.6) is 0 Å². The van der Waals surface area contributed by atoms with Crippen molar-refractivity contribution >= 4 is 10.0 Å². The number of ether oxygens (including phenoxy) is 1. The average Bonchev–Trinajstić information content (AvgIpc) is 2.71. The van der Waals surface area contributed by atoms with Crippen LogP contribution in [0.2, 0.25) is 0 Å². The molecule has 18 heavy (non-hydrogen) atoms. The number of methoxy groups -OCH3 is 1. The van der Waals surface area contributed by atoms with Gasteiger partial charge in [-0.3, -0.25) is 4.68 Å². The lowest BCUT2D eigenvalue weighted by atomic mass is 9.98. The second kappa shape index (κ2) is 4.99. The highest BCUT2D eigenvalue weighted by Gasteiger charge is 2.32. The SMILES string of the molecule is CCn1ncc2c1[C@@H](COC)CN(S(C)(=O)=O)C2. The molecule has 0 unspecified atom stereocenters. The van der Waals surface area contributed by atoms with Crippen molar-refractivity contribution in [1.29, 1.82) is 0 Å². The lowest BCUT2D eigenvalue weighted by Gasteiger charge is -2.31. The maximum atomic E-state index is 11.7. The minimum absolute atomic E-state index is 0.0518. The number of aryl methyl sites for hydroxylation is 1. The third-order valence-corrected chi connectivity index (χ3v) is 4.47. The van der Waals surface area contributed by atoms with Gasteiger partial charge in [0.15, 0.2) is 0 Å². The molecule has 1 aliphatic heterocycles. The van der Waals surface area contributed by atoms with E-state index in [1.165, 1.54) is 10.6 Å². The summed E-state index contributed by atoms with van der Waals surface area (Å²) in [6, 6.07) is 0. The lowest BCUT2D eigenvalue weighted by Crippen LogP contribution is -2.39. The monoisotopic (exact) mass is 273 g/mol. The van der Waals surface area contributed by atoms with Crippen LogP contribution in [0.15, 0.2) is 6.20 Å². The van der Waals surface area contributed by atoms with E-state index < -0.39 is 10.0 Å². The fourth-order valence-electron chi connectivity index (χ4n) is 2.45. The van der Waals surface area contributed by atoms with Crippen molar-refractivity contribution in [3.63, 3.8) is 0 Å². The molecular weight excluding hydrogens is 254 g/mol.